The summed E-state index contributed by atoms with van der Waals surface area (Å²) in [4.78, 5) is 0. The molecule has 0 aliphatic carbocycles. The van der Waals surface area contributed by atoms with Crippen molar-refractivity contribution < 1.29 is 9.84 Å². The van der Waals surface area contributed by atoms with Crippen LogP contribution in [0.15, 0.2) is 28.7 Å². The van der Waals surface area contributed by atoms with Gasteiger partial charge in [-0.05, 0) is 28.1 Å². The highest BCUT2D eigenvalue weighted by Gasteiger charge is 2.04. The van der Waals surface area contributed by atoms with E-state index in [0.717, 1.165) is 4.47 Å². The van der Waals surface area contributed by atoms with Crippen LogP contribution in [0, 0.1) is 0 Å². The lowest BCUT2D eigenvalue weighted by molar-refractivity contribution is 0.125. The van der Waals surface area contributed by atoms with E-state index < -0.39 is 6.10 Å². The van der Waals surface area contributed by atoms with Gasteiger partial charge in [-0.3, -0.25) is 0 Å². The predicted octanol–water partition coefficient (Wildman–Crippen LogP) is 2.43. The lowest BCUT2D eigenvalue weighted by atomic mass is 10.3. The molecule has 0 amide bonds. The van der Waals surface area contributed by atoms with Gasteiger partial charge in [-0.25, -0.2) is 0 Å². The zero-order valence-electron chi connectivity index (χ0n) is 6.91. The summed E-state index contributed by atoms with van der Waals surface area (Å²) in [7, 11) is 0. The smallest absolute Gasteiger partial charge is 0.133 e. The van der Waals surface area contributed by atoms with Crippen molar-refractivity contribution in [3.63, 3.8) is 0 Å². The number of para-hydroxylation sites is 1. The van der Waals surface area contributed by atoms with Crippen molar-refractivity contribution in [3.8, 4) is 5.75 Å². The molecule has 1 aromatic carbocycles. The van der Waals surface area contributed by atoms with Gasteiger partial charge >= 0.3 is 0 Å². The van der Waals surface area contributed by atoms with E-state index in [4.69, 9.17) is 21.4 Å². The van der Waals surface area contributed by atoms with Crippen molar-refractivity contribution in [1.29, 1.82) is 0 Å². The predicted molar refractivity (Wildman–Crippen MR) is 56.4 cm³/mol. The topological polar surface area (TPSA) is 29.5 Å². The van der Waals surface area contributed by atoms with Gasteiger partial charge in [0.2, 0.25) is 0 Å². The Hall–Kier alpha value is -0.250. The zero-order chi connectivity index (χ0) is 9.68. The Morgan fingerprint density at radius 3 is 2.77 bits per heavy atom. The summed E-state index contributed by atoms with van der Waals surface area (Å²) in [5.74, 6) is 0.899. The molecule has 4 heteroatoms. The maximum atomic E-state index is 9.14. The fourth-order valence-electron chi connectivity index (χ4n) is 0.792. The summed E-state index contributed by atoms with van der Waals surface area (Å²) in [6.07, 6.45) is -0.617. The second-order valence-electron chi connectivity index (χ2n) is 2.55. The first-order valence-electron chi connectivity index (χ1n) is 3.85. The quantitative estimate of drug-likeness (QED) is 0.847. The molecule has 0 radical (unpaired) electrons. The number of benzene rings is 1. The average Bonchev–Trinajstić information content (AvgIpc) is 2.16. The van der Waals surface area contributed by atoms with Crippen LogP contribution in [-0.2, 0) is 0 Å². The Balaban J connectivity index is 2.50. The van der Waals surface area contributed by atoms with Crippen molar-refractivity contribution in [2.24, 2.45) is 0 Å². The van der Waals surface area contributed by atoms with Crippen LogP contribution in [0.2, 0.25) is 0 Å². The van der Waals surface area contributed by atoms with Gasteiger partial charge in [0, 0.05) is 0 Å². The molecule has 2 nitrogen and oxygen atoms in total. The van der Waals surface area contributed by atoms with Crippen molar-refractivity contribution >= 4 is 27.5 Å². The fourth-order valence-corrected chi connectivity index (χ4v) is 1.28. The molecule has 1 atom stereocenters. The molecular formula is C9H10BrClO2. The molecule has 0 fully saturated rings. The van der Waals surface area contributed by atoms with E-state index in [-0.39, 0.29) is 12.5 Å². The van der Waals surface area contributed by atoms with Gasteiger partial charge in [0.05, 0.1) is 10.4 Å². The molecule has 0 bridgehead atoms. The first kappa shape index (κ1) is 10.8. The van der Waals surface area contributed by atoms with Crippen LogP contribution in [0.25, 0.3) is 0 Å². The van der Waals surface area contributed by atoms with Crippen LogP contribution in [-0.4, -0.2) is 23.7 Å². The highest BCUT2D eigenvalue weighted by molar-refractivity contribution is 9.10. The van der Waals surface area contributed by atoms with E-state index in [0.29, 0.717) is 5.75 Å². The van der Waals surface area contributed by atoms with Gasteiger partial charge < -0.3 is 9.84 Å². The highest BCUT2D eigenvalue weighted by Crippen LogP contribution is 2.23. The van der Waals surface area contributed by atoms with Crippen LogP contribution in [0.5, 0.6) is 5.75 Å². The number of rotatable bonds is 4. The van der Waals surface area contributed by atoms with Gasteiger partial charge in [0.25, 0.3) is 0 Å². The lowest BCUT2D eigenvalue weighted by Gasteiger charge is -2.10. The number of hydrogen-bond acceptors (Lipinski definition) is 2. The van der Waals surface area contributed by atoms with Crippen molar-refractivity contribution in [1.82, 2.24) is 0 Å². The van der Waals surface area contributed by atoms with E-state index in [9.17, 15) is 0 Å². The summed E-state index contributed by atoms with van der Waals surface area (Å²) in [5, 5.41) is 9.14. The minimum atomic E-state index is -0.617. The third-order valence-corrected chi connectivity index (χ3v) is 2.46. The van der Waals surface area contributed by atoms with E-state index in [2.05, 4.69) is 15.9 Å². The molecule has 0 unspecified atom stereocenters. The van der Waals surface area contributed by atoms with Gasteiger partial charge in [0.1, 0.15) is 18.5 Å². The van der Waals surface area contributed by atoms with Crippen LogP contribution >= 0.6 is 27.5 Å². The third-order valence-electron chi connectivity index (χ3n) is 1.45. The molecule has 0 aliphatic heterocycles. The molecule has 0 aliphatic rings. The minimum absolute atomic E-state index is 0.185. The second-order valence-corrected chi connectivity index (χ2v) is 3.71. The summed E-state index contributed by atoms with van der Waals surface area (Å²) in [6.45, 7) is 0.214. The van der Waals surface area contributed by atoms with E-state index in [1.165, 1.54) is 0 Å². The Kier molecular flexibility index (Phi) is 4.56. The average molecular weight is 266 g/mol. The first-order chi connectivity index (χ1) is 6.24. The Labute approximate surface area is 90.6 Å². The number of aliphatic hydroxyl groups excluding tert-OH is 1. The van der Waals surface area contributed by atoms with Crippen LogP contribution in [0.1, 0.15) is 0 Å². The van der Waals surface area contributed by atoms with E-state index >= 15 is 0 Å². The molecule has 0 saturated heterocycles. The highest BCUT2D eigenvalue weighted by atomic mass is 79.9. The maximum absolute atomic E-state index is 9.14. The van der Waals surface area contributed by atoms with Gasteiger partial charge in [-0.2, -0.15) is 0 Å². The normalized spacial score (nSPS) is 12.5. The molecule has 1 rings (SSSR count). The van der Waals surface area contributed by atoms with Gasteiger partial charge in [0.15, 0.2) is 0 Å². The first-order valence-corrected chi connectivity index (χ1v) is 5.18. The number of hydrogen-bond donors (Lipinski definition) is 1. The molecule has 1 N–H and O–H groups in total. The summed E-state index contributed by atoms with van der Waals surface area (Å²) < 4.78 is 6.18. The molecule has 0 spiro atoms. The van der Waals surface area contributed by atoms with E-state index in [1.54, 1.807) is 0 Å². The second kappa shape index (κ2) is 5.47. The molecule has 72 valence electrons. The minimum Gasteiger partial charge on any atom is -0.490 e. The van der Waals surface area contributed by atoms with Crippen molar-refractivity contribution in [2.45, 2.75) is 6.10 Å². The molecule has 0 heterocycles. The van der Waals surface area contributed by atoms with Crippen molar-refractivity contribution in [2.75, 3.05) is 12.5 Å². The Morgan fingerprint density at radius 1 is 1.46 bits per heavy atom. The molecular weight excluding hydrogens is 255 g/mol. The summed E-state index contributed by atoms with van der Waals surface area (Å²) in [6, 6.07) is 7.47. The fraction of sp³-hybridized carbons (Fsp3) is 0.333. The van der Waals surface area contributed by atoms with Crippen LogP contribution in [0.3, 0.4) is 0 Å². The number of aliphatic hydroxyl groups is 1. The van der Waals surface area contributed by atoms with E-state index in [1.807, 2.05) is 24.3 Å². The number of halogens is 2. The largest absolute Gasteiger partial charge is 0.490 e. The zero-order valence-corrected chi connectivity index (χ0v) is 9.25. The molecule has 0 saturated carbocycles. The van der Waals surface area contributed by atoms with Crippen LogP contribution in [0.4, 0.5) is 0 Å². The monoisotopic (exact) mass is 264 g/mol. The van der Waals surface area contributed by atoms with Crippen LogP contribution < -0.4 is 4.74 Å². The lowest BCUT2D eigenvalue weighted by Crippen LogP contribution is -2.18. The Bertz CT molecular complexity index is 268. The van der Waals surface area contributed by atoms with Gasteiger partial charge in [-0.1, -0.05) is 12.1 Å². The molecule has 13 heavy (non-hydrogen) atoms. The maximum Gasteiger partial charge on any atom is 0.133 e. The van der Waals surface area contributed by atoms with Crippen molar-refractivity contribution in [3.05, 3.63) is 28.7 Å². The molecule has 0 aromatic heterocycles. The summed E-state index contributed by atoms with van der Waals surface area (Å²) >= 11 is 8.74. The van der Waals surface area contributed by atoms with Gasteiger partial charge in [-0.15, -0.1) is 11.6 Å². The standard InChI is InChI=1S/C9H10BrClO2/c10-8-3-1-2-4-9(8)13-6-7(12)5-11/h1-4,7,12H,5-6H2/t7-/m0/s1. The number of alkyl halides is 1. The SMILES string of the molecule is O[C@@H](CCl)COc1ccccc1Br. The summed E-state index contributed by atoms with van der Waals surface area (Å²) in [5.41, 5.74) is 0. The molecule has 1 aromatic rings. The Morgan fingerprint density at radius 2 is 2.15 bits per heavy atom. The number of ether oxygens (including phenoxy) is 1. The third kappa shape index (κ3) is 3.55.